The summed E-state index contributed by atoms with van der Waals surface area (Å²) in [6.07, 6.45) is -1.20. The molecule has 2 aromatic rings. The molecule has 1 nitrogen and oxygen atoms in total. The molecule has 4 rings (SSSR count). The Morgan fingerprint density at radius 2 is 1.49 bits per heavy atom. The Labute approximate surface area is 207 Å². The summed E-state index contributed by atoms with van der Waals surface area (Å²) in [5, 5.41) is 0. The highest BCUT2D eigenvalue weighted by atomic mass is 19.3. The Balaban J connectivity index is 1.63. The minimum atomic E-state index is -4.75. The summed E-state index contributed by atoms with van der Waals surface area (Å²) in [4.78, 5) is 0. The molecule has 192 valence electrons. The number of benzene rings is 2. The molecule has 2 aliphatic carbocycles. The summed E-state index contributed by atoms with van der Waals surface area (Å²) in [5.74, 6) is -9.91. The molecule has 0 aliphatic heterocycles. The molecule has 2 aromatic carbocycles. The van der Waals surface area contributed by atoms with Gasteiger partial charge in [0.15, 0.2) is 6.17 Å². The van der Waals surface area contributed by atoms with Gasteiger partial charge in [0, 0.05) is 12.2 Å². The van der Waals surface area contributed by atoms with Crippen molar-refractivity contribution in [1.29, 1.82) is 0 Å². The molecule has 0 spiro atoms. The lowest BCUT2D eigenvalue weighted by Crippen LogP contribution is -2.22. The van der Waals surface area contributed by atoms with Gasteiger partial charge >= 0.3 is 6.11 Å². The van der Waals surface area contributed by atoms with Crippen molar-refractivity contribution >= 4 is 5.57 Å². The van der Waals surface area contributed by atoms with Gasteiger partial charge in [-0.1, -0.05) is 48.1 Å². The largest absolute Gasteiger partial charge is 0.432 e. The second kappa shape index (κ2) is 10.2. The van der Waals surface area contributed by atoms with Gasteiger partial charge in [0.2, 0.25) is 0 Å². The molecule has 0 aromatic heterocycles. The van der Waals surface area contributed by atoms with Crippen molar-refractivity contribution in [3.63, 3.8) is 0 Å². The summed E-state index contributed by atoms with van der Waals surface area (Å²) in [7, 11) is 0. The van der Waals surface area contributed by atoms with E-state index in [9.17, 15) is 30.7 Å². The lowest BCUT2D eigenvalue weighted by Gasteiger charge is -2.21. The van der Waals surface area contributed by atoms with Gasteiger partial charge in [-0.05, 0) is 47.9 Å². The van der Waals surface area contributed by atoms with Gasteiger partial charge in [0.05, 0.1) is 5.92 Å². The van der Waals surface area contributed by atoms with Gasteiger partial charge in [-0.2, -0.15) is 8.78 Å². The number of hydrogen-bond acceptors (Lipinski definition) is 1. The van der Waals surface area contributed by atoms with Crippen molar-refractivity contribution in [3.05, 3.63) is 136 Å². The molecule has 2 atom stereocenters. The highest BCUT2D eigenvalue weighted by Gasteiger charge is 2.42. The van der Waals surface area contributed by atoms with E-state index in [1.165, 1.54) is 18.2 Å². The van der Waals surface area contributed by atoms with Crippen LogP contribution >= 0.6 is 0 Å². The van der Waals surface area contributed by atoms with Crippen LogP contribution in [-0.2, 0) is 10.8 Å². The first kappa shape index (κ1) is 26.2. The van der Waals surface area contributed by atoms with E-state index in [0.717, 1.165) is 5.56 Å². The van der Waals surface area contributed by atoms with Gasteiger partial charge in [-0.15, -0.1) is 0 Å². The molecular formula is C28H18F8O. The fraction of sp³-hybridized carbons (Fsp3) is 0.143. The molecule has 0 N–H and O–H groups in total. The minimum Gasteiger partial charge on any atom is -0.429 e. The van der Waals surface area contributed by atoms with Crippen LogP contribution in [0.3, 0.4) is 0 Å². The maximum absolute atomic E-state index is 15.1. The predicted octanol–water partition coefficient (Wildman–Crippen LogP) is 8.87. The zero-order chi connectivity index (χ0) is 26.9. The third-order valence-electron chi connectivity index (χ3n) is 5.64. The van der Waals surface area contributed by atoms with Crippen molar-refractivity contribution in [2.75, 3.05) is 0 Å². The van der Waals surface area contributed by atoms with Crippen molar-refractivity contribution in [1.82, 2.24) is 0 Å². The van der Waals surface area contributed by atoms with Crippen molar-refractivity contribution in [3.8, 4) is 0 Å². The second-order valence-electron chi connectivity index (χ2n) is 8.39. The molecule has 0 unspecified atom stereocenters. The van der Waals surface area contributed by atoms with E-state index in [-0.39, 0.29) is 23.8 Å². The highest BCUT2D eigenvalue weighted by molar-refractivity contribution is 5.76. The molecular weight excluding hydrogens is 504 g/mol. The minimum absolute atomic E-state index is 0.140. The maximum Gasteiger partial charge on any atom is 0.432 e. The van der Waals surface area contributed by atoms with E-state index < -0.39 is 58.6 Å². The fourth-order valence-corrected chi connectivity index (χ4v) is 3.81. The van der Waals surface area contributed by atoms with Gasteiger partial charge in [0.25, 0.3) is 0 Å². The first-order chi connectivity index (χ1) is 17.4. The van der Waals surface area contributed by atoms with E-state index in [0.29, 0.717) is 23.3 Å². The summed E-state index contributed by atoms with van der Waals surface area (Å²) >= 11 is 0. The zero-order valence-electron chi connectivity index (χ0n) is 19.1. The molecule has 9 heteroatoms. The first-order valence-corrected chi connectivity index (χ1v) is 10.9. The number of ether oxygens (including phenoxy) is 1. The molecule has 0 saturated heterocycles. The predicted molar refractivity (Wildman–Crippen MR) is 123 cm³/mol. The van der Waals surface area contributed by atoms with Crippen LogP contribution in [0.15, 0.2) is 102 Å². The maximum atomic E-state index is 15.1. The fourth-order valence-electron chi connectivity index (χ4n) is 3.81. The van der Waals surface area contributed by atoms with Gasteiger partial charge < -0.3 is 4.74 Å². The Morgan fingerprint density at radius 3 is 2.14 bits per heavy atom. The quantitative estimate of drug-likeness (QED) is 0.357. The van der Waals surface area contributed by atoms with Gasteiger partial charge in [-0.3, -0.25) is 0 Å². The van der Waals surface area contributed by atoms with Crippen LogP contribution in [0.25, 0.3) is 5.57 Å². The van der Waals surface area contributed by atoms with Crippen molar-refractivity contribution < 1.29 is 39.9 Å². The summed E-state index contributed by atoms with van der Waals surface area (Å²) in [6, 6.07) is 8.24. The lowest BCUT2D eigenvalue weighted by molar-refractivity contribution is -0.224. The van der Waals surface area contributed by atoms with Crippen LogP contribution < -0.4 is 0 Å². The molecule has 0 fully saturated rings. The summed E-state index contributed by atoms with van der Waals surface area (Å²) < 4.78 is 119. The standard InChI is InChI=1S/C28H18F8O/c1-15-5-7-16(8-6-15)17-3-2-4-21(22(30)9-17)18-10-25(33)27(26(34)11-18)28(35,36)37-20-12-19(29)13-23(31)24(32)14-20/h2-14,21,23H,1H3/t21-,23-/m1/s1. The second-order valence-corrected chi connectivity index (χ2v) is 8.39. The first-order valence-electron chi connectivity index (χ1n) is 10.9. The van der Waals surface area contributed by atoms with E-state index in [4.69, 9.17) is 0 Å². The normalized spacial score (nSPS) is 20.2. The van der Waals surface area contributed by atoms with Crippen molar-refractivity contribution in [2.24, 2.45) is 0 Å². The van der Waals surface area contributed by atoms with Crippen LogP contribution in [-0.4, -0.2) is 6.17 Å². The Kier molecular flexibility index (Phi) is 7.25. The van der Waals surface area contributed by atoms with Crippen LogP contribution in [0.5, 0.6) is 0 Å². The molecule has 0 radical (unpaired) electrons. The zero-order valence-corrected chi connectivity index (χ0v) is 19.1. The number of aryl methyl sites for hydroxylation is 1. The number of allylic oxidation sites excluding steroid dienone is 11. The molecule has 37 heavy (non-hydrogen) atoms. The average molecular weight is 522 g/mol. The van der Waals surface area contributed by atoms with Crippen LogP contribution in [0.1, 0.15) is 28.2 Å². The van der Waals surface area contributed by atoms with E-state index >= 15 is 4.39 Å². The molecule has 0 heterocycles. The van der Waals surface area contributed by atoms with Gasteiger partial charge in [-0.25, -0.2) is 26.3 Å². The number of halogens is 8. The van der Waals surface area contributed by atoms with Crippen molar-refractivity contribution in [2.45, 2.75) is 25.1 Å². The lowest BCUT2D eigenvalue weighted by atomic mass is 9.94. The van der Waals surface area contributed by atoms with E-state index in [1.54, 1.807) is 18.2 Å². The number of rotatable bonds is 5. The third-order valence-corrected chi connectivity index (χ3v) is 5.64. The van der Waals surface area contributed by atoms with Crippen LogP contribution in [0.4, 0.5) is 35.1 Å². The van der Waals surface area contributed by atoms with Gasteiger partial charge in [0.1, 0.15) is 40.4 Å². The van der Waals surface area contributed by atoms with E-state index in [1.807, 2.05) is 19.1 Å². The molecule has 0 bridgehead atoms. The van der Waals surface area contributed by atoms with Crippen LogP contribution in [0.2, 0.25) is 0 Å². The number of alkyl halides is 3. The molecule has 0 saturated carbocycles. The smallest absolute Gasteiger partial charge is 0.429 e. The summed E-state index contributed by atoms with van der Waals surface area (Å²) in [5.41, 5.74) is 0.0120. The number of hydrogen-bond donors (Lipinski definition) is 0. The monoisotopic (exact) mass is 522 g/mol. The summed E-state index contributed by atoms with van der Waals surface area (Å²) in [6.45, 7) is 1.89. The Hall–Kier alpha value is -3.88. The third kappa shape index (κ3) is 5.76. The molecule has 0 amide bonds. The Morgan fingerprint density at radius 1 is 0.838 bits per heavy atom. The SMILES string of the molecule is Cc1ccc(C2=CC=C[C@H](c3cc(F)c(C(F)(F)OC4=CC(F)=C[C@@H](F)C(F)=C4)c(F)c3)C(F)=C2)cc1. The highest BCUT2D eigenvalue weighted by Crippen LogP contribution is 2.40. The van der Waals surface area contributed by atoms with E-state index in [2.05, 4.69) is 4.74 Å². The Bertz CT molecular complexity index is 1370. The average Bonchev–Trinajstić information content (AvgIpc) is 3.06. The van der Waals surface area contributed by atoms with Crippen LogP contribution in [0, 0.1) is 18.6 Å². The topological polar surface area (TPSA) is 9.23 Å². The molecule has 2 aliphatic rings.